The molecule has 0 radical (unpaired) electrons. The van der Waals surface area contributed by atoms with E-state index >= 15 is 0 Å². The van der Waals surface area contributed by atoms with Crippen molar-refractivity contribution in [2.24, 2.45) is 5.73 Å². The minimum atomic E-state index is -0.692. The third kappa shape index (κ3) is 2.59. The van der Waals surface area contributed by atoms with Crippen LogP contribution < -0.4 is 15.9 Å². The zero-order chi connectivity index (χ0) is 16.1. The van der Waals surface area contributed by atoms with Crippen LogP contribution in [0.3, 0.4) is 0 Å². The van der Waals surface area contributed by atoms with Crippen LogP contribution in [0.25, 0.3) is 0 Å². The largest absolute Gasteiger partial charge is 0.497 e. The van der Waals surface area contributed by atoms with E-state index in [4.69, 9.17) is 19.8 Å². The summed E-state index contributed by atoms with van der Waals surface area (Å²) in [5.74, 6) is -0.162. The molecule has 2 fully saturated rings. The van der Waals surface area contributed by atoms with E-state index in [1.165, 1.54) is 6.20 Å². The fourth-order valence-corrected chi connectivity index (χ4v) is 2.32. The molecule has 1 aliphatic heterocycles. The van der Waals surface area contributed by atoms with E-state index in [0.29, 0.717) is 16.8 Å². The van der Waals surface area contributed by atoms with Crippen LogP contribution in [0.1, 0.15) is 50.9 Å². The smallest absolute Gasteiger partial charge is 0.488 e. The summed E-state index contributed by atoms with van der Waals surface area (Å²) in [6.07, 6.45) is 5.20. The molecule has 1 saturated carbocycles. The predicted molar refractivity (Wildman–Crippen MR) is 82.1 cm³/mol. The molecule has 0 spiro atoms. The Balaban J connectivity index is 1.98. The van der Waals surface area contributed by atoms with Gasteiger partial charge in [0.25, 0.3) is 5.91 Å². The molecule has 1 aromatic rings. The van der Waals surface area contributed by atoms with Gasteiger partial charge in [-0.1, -0.05) is 0 Å². The number of hydrogen-bond acceptors (Lipinski definition) is 5. The van der Waals surface area contributed by atoms with Crippen molar-refractivity contribution in [3.63, 3.8) is 0 Å². The van der Waals surface area contributed by atoms with Gasteiger partial charge in [0.1, 0.15) is 5.75 Å². The second kappa shape index (κ2) is 4.96. The lowest BCUT2D eigenvalue weighted by atomic mass is 9.76. The molecule has 0 atom stereocenters. The Morgan fingerprint density at radius 2 is 1.86 bits per heavy atom. The summed E-state index contributed by atoms with van der Waals surface area (Å²) < 4.78 is 17.7. The number of ether oxygens (including phenoxy) is 1. The molecular weight excluding hydrogens is 283 g/mol. The molecule has 2 heterocycles. The van der Waals surface area contributed by atoms with Gasteiger partial charge >= 0.3 is 7.12 Å². The fraction of sp³-hybridized carbons (Fsp3) is 0.600. The maximum absolute atomic E-state index is 11.9. The first-order valence-corrected chi connectivity index (χ1v) is 7.51. The first-order chi connectivity index (χ1) is 10.2. The van der Waals surface area contributed by atoms with Gasteiger partial charge in [-0.25, -0.2) is 0 Å². The second-order valence-corrected chi connectivity index (χ2v) is 6.87. The minimum Gasteiger partial charge on any atom is -0.488 e. The number of carbonyl (C=O) groups is 1. The Morgan fingerprint density at radius 1 is 1.27 bits per heavy atom. The van der Waals surface area contributed by atoms with E-state index in [1.54, 1.807) is 6.20 Å². The van der Waals surface area contributed by atoms with Gasteiger partial charge < -0.3 is 19.8 Å². The summed E-state index contributed by atoms with van der Waals surface area (Å²) >= 11 is 0. The van der Waals surface area contributed by atoms with Crippen LogP contribution in [-0.4, -0.2) is 35.3 Å². The standard InChI is InChI=1S/C15H21BN2O4/c1-14(2)15(3,4)22-16(21-14)10-7-18-8-11(12(10)13(17)19)20-9-5-6-9/h7-9H,5-6H2,1-4H3,(H2,17,19). The summed E-state index contributed by atoms with van der Waals surface area (Å²) in [5.41, 5.74) is 5.37. The van der Waals surface area contributed by atoms with Crippen LogP contribution in [0.2, 0.25) is 0 Å². The highest BCUT2D eigenvalue weighted by atomic mass is 16.7. The molecule has 2 N–H and O–H groups in total. The molecule has 3 rings (SSSR count). The number of nitrogens with two attached hydrogens (primary N) is 1. The highest BCUT2D eigenvalue weighted by molar-refractivity contribution is 6.63. The monoisotopic (exact) mass is 304 g/mol. The molecule has 118 valence electrons. The van der Waals surface area contributed by atoms with Gasteiger partial charge in [0, 0.05) is 11.7 Å². The molecule has 7 heteroatoms. The minimum absolute atomic E-state index is 0.147. The molecular formula is C15H21BN2O4. The average molecular weight is 304 g/mol. The Labute approximate surface area is 130 Å². The summed E-state index contributed by atoms with van der Waals surface area (Å²) in [5, 5.41) is 0. The van der Waals surface area contributed by atoms with E-state index in [9.17, 15) is 4.79 Å². The first kappa shape index (κ1) is 15.3. The average Bonchev–Trinajstić information content (AvgIpc) is 3.16. The molecule has 1 aliphatic carbocycles. The topological polar surface area (TPSA) is 83.7 Å². The normalized spacial score (nSPS) is 22.6. The van der Waals surface area contributed by atoms with Crippen molar-refractivity contribution >= 4 is 18.5 Å². The molecule has 0 unspecified atom stereocenters. The molecule has 0 bridgehead atoms. The van der Waals surface area contributed by atoms with E-state index < -0.39 is 24.2 Å². The molecule has 22 heavy (non-hydrogen) atoms. The van der Waals surface area contributed by atoms with Crippen LogP contribution in [0.4, 0.5) is 0 Å². The van der Waals surface area contributed by atoms with Crippen molar-refractivity contribution in [1.29, 1.82) is 0 Å². The highest BCUT2D eigenvalue weighted by Gasteiger charge is 2.53. The maximum Gasteiger partial charge on any atom is 0.497 e. The van der Waals surface area contributed by atoms with Gasteiger partial charge in [0.2, 0.25) is 0 Å². The molecule has 2 aliphatic rings. The first-order valence-electron chi connectivity index (χ1n) is 7.51. The number of carbonyl (C=O) groups excluding carboxylic acids is 1. The number of amides is 1. The zero-order valence-electron chi connectivity index (χ0n) is 13.4. The van der Waals surface area contributed by atoms with Gasteiger partial charge in [-0.2, -0.15) is 0 Å². The lowest BCUT2D eigenvalue weighted by molar-refractivity contribution is 0.00578. The lowest BCUT2D eigenvalue weighted by Gasteiger charge is -2.32. The highest BCUT2D eigenvalue weighted by Crippen LogP contribution is 2.37. The Kier molecular flexibility index (Phi) is 3.45. The van der Waals surface area contributed by atoms with Gasteiger partial charge in [-0.05, 0) is 40.5 Å². The number of hydrogen-bond donors (Lipinski definition) is 1. The molecule has 0 aromatic carbocycles. The van der Waals surface area contributed by atoms with E-state index in [0.717, 1.165) is 12.8 Å². The maximum atomic E-state index is 11.9. The molecule has 1 amide bonds. The molecule has 1 saturated heterocycles. The van der Waals surface area contributed by atoms with Crippen molar-refractivity contribution in [3.05, 3.63) is 18.0 Å². The third-order valence-corrected chi connectivity index (χ3v) is 4.51. The van der Waals surface area contributed by atoms with Crippen LogP contribution >= 0.6 is 0 Å². The van der Waals surface area contributed by atoms with E-state index in [2.05, 4.69) is 4.98 Å². The van der Waals surface area contributed by atoms with Crippen molar-refractivity contribution in [1.82, 2.24) is 4.98 Å². The number of pyridine rings is 1. The quantitative estimate of drug-likeness (QED) is 0.840. The van der Waals surface area contributed by atoms with Gasteiger partial charge in [0.05, 0.1) is 29.1 Å². The third-order valence-electron chi connectivity index (χ3n) is 4.51. The van der Waals surface area contributed by atoms with Gasteiger partial charge in [-0.3, -0.25) is 9.78 Å². The van der Waals surface area contributed by atoms with Crippen LogP contribution in [-0.2, 0) is 9.31 Å². The molecule has 6 nitrogen and oxygen atoms in total. The molecule has 1 aromatic heterocycles. The summed E-state index contributed by atoms with van der Waals surface area (Å²) in [6, 6.07) is 0. The van der Waals surface area contributed by atoms with Gasteiger partial charge in [-0.15, -0.1) is 0 Å². The second-order valence-electron chi connectivity index (χ2n) is 6.87. The number of rotatable bonds is 4. The SMILES string of the molecule is CC1(C)OB(c2cncc(OC3CC3)c2C(N)=O)OC1(C)C. The zero-order valence-corrected chi connectivity index (χ0v) is 13.4. The van der Waals surface area contributed by atoms with Gasteiger partial charge in [0.15, 0.2) is 0 Å². The van der Waals surface area contributed by atoms with Crippen LogP contribution in [0.15, 0.2) is 12.4 Å². The fourth-order valence-electron chi connectivity index (χ4n) is 2.32. The number of nitrogens with zero attached hydrogens (tertiary/aromatic N) is 1. The van der Waals surface area contributed by atoms with Crippen molar-refractivity contribution < 1.29 is 18.8 Å². The van der Waals surface area contributed by atoms with E-state index in [1.807, 2.05) is 27.7 Å². The van der Waals surface area contributed by atoms with E-state index in [-0.39, 0.29) is 6.10 Å². The number of primary amides is 1. The Morgan fingerprint density at radius 3 is 2.36 bits per heavy atom. The predicted octanol–water partition coefficient (Wildman–Crippen LogP) is 1.02. The van der Waals surface area contributed by atoms with Crippen LogP contribution in [0.5, 0.6) is 5.75 Å². The van der Waals surface area contributed by atoms with Crippen molar-refractivity contribution in [2.75, 3.05) is 0 Å². The van der Waals surface area contributed by atoms with Crippen LogP contribution in [0, 0.1) is 0 Å². The lowest BCUT2D eigenvalue weighted by Crippen LogP contribution is -2.41. The summed E-state index contributed by atoms with van der Waals surface area (Å²) in [7, 11) is -0.692. The summed E-state index contributed by atoms with van der Waals surface area (Å²) in [6.45, 7) is 7.81. The summed E-state index contributed by atoms with van der Waals surface area (Å²) in [4.78, 5) is 16.1. The number of aromatic nitrogens is 1. The van der Waals surface area contributed by atoms with Crippen molar-refractivity contribution in [2.45, 2.75) is 57.8 Å². The Bertz CT molecular complexity index is 598. The van der Waals surface area contributed by atoms with Crippen molar-refractivity contribution in [3.8, 4) is 5.75 Å². The Hall–Kier alpha value is -1.60.